The molecule has 0 atom stereocenters. The zero-order valence-electron chi connectivity index (χ0n) is 12.0. The lowest BCUT2D eigenvalue weighted by Crippen LogP contribution is -2.32. The first kappa shape index (κ1) is 15.6. The number of amides is 1. The van der Waals surface area contributed by atoms with Gasteiger partial charge in [0.25, 0.3) is 11.5 Å². The van der Waals surface area contributed by atoms with Crippen LogP contribution < -0.4 is 5.56 Å². The number of aromatic amines is 1. The van der Waals surface area contributed by atoms with Crippen molar-refractivity contribution in [3.05, 3.63) is 46.4 Å². The van der Waals surface area contributed by atoms with Gasteiger partial charge in [0.1, 0.15) is 11.3 Å². The fourth-order valence-corrected chi connectivity index (χ4v) is 1.99. The Bertz CT molecular complexity index is 718. The van der Waals surface area contributed by atoms with Gasteiger partial charge in [0, 0.05) is 20.0 Å². The first-order valence-electron chi connectivity index (χ1n) is 6.73. The van der Waals surface area contributed by atoms with Crippen LogP contribution in [0.5, 0.6) is 0 Å². The van der Waals surface area contributed by atoms with Crippen LogP contribution in [0.3, 0.4) is 0 Å². The lowest BCUT2D eigenvalue weighted by atomic mass is 10.2. The molecule has 2 N–H and O–H groups in total. The number of carboxylic acid groups (broad SMARTS) is 1. The summed E-state index contributed by atoms with van der Waals surface area (Å²) in [5.74, 6) is -0.856. The van der Waals surface area contributed by atoms with Crippen LogP contribution in [-0.4, -0.2) is 40.5 Å². The number of H-pyrrole nitrogens is 1. The molecule has 2 aromatic rings. The predicted octanol–water partition coefficient (Wildman–Crippen LogP) is 1.57. The van der Waals surface area contributed by atoms with E-state index in [9.17, 15) is 14.4 Å². The van der Waals surface area contributed by atoms with Crippen LogP contribution in [0.25, 0.3) is 11.5 Å². The quantitative estimate of drug-likeness (QED) is 0.843. The molecule has 22 heavy (non-hydrogen) atoms. The Morgan fingerprint density at radius 1 is 1.32 bits per heavy atom. The highest BCUT2D eigenvalue weighted by atomic mass is 16.4. The largest absolute Gasteiger partial charge is 0.481 e. The number of hydrogen-bond acceptors (Lipinski definition) is 4. The minimum Gasteiger partial charge on any atom is -0.481 e. The zero-order chi connectivity index (χ0) is 16.1. The van der Waals surface area contributed by atoms with Gasteiger partial charge in [-0.1, -0.05) is 0 Å². The molecule has 2 rings (SSSR count). The van der Waals surface area contributed by atoms with Crippen molar-refractivity contribution >= 4 is 11.9 Å². The smallest absolute Gasteiger partial charge is 0.303 e. The number of rotatable bonds is 6. The highest BCUT2D eigenvalue weighted by molar-refractivity contribution is 5.93. The van der Waals surface area contributed by atoms with Gasteiger partial charge in [0.05, 0.1) is 12.0 Å². The van der Waals surface area contributed by atoms with Gasteiger partial charge in [-0.2, -0.15) is 0 Å². The number of carbonyl (C=O) groups excluding carboxylic acids is 1. The van der Waals surface area contributed by atoms with Crippen molar-refractivity contribution in [3.63, 3.8) is 0 Å². The minimum atomic E-state index is -0.915. The highest BCUT2D eigenvalue weighted by Gasteiger charge is 2.16. The number of pyridine rings is 1. The number of nitrogens with zero attached hydrogens (tertiary/aromatic N) is 1. The van der Waals surface area contributed by atoms with Crippen molar-refractivity contribution < 1.29 is 19.1 Å². The van der Waals surface area contributed by atoms with Gasteiger partial charge in [-0.3, -0.25) is 14.4 Å². The van der Waals surface area contributed by atoms with Crippen LogP contribution in [0.4, 0.5) is 0 Å². The van der Waals surface area contributed by atoms with Crippen molar-refractivity contribution in [1.29, 1.82) is 0 Å². The van der Waals surface area contributed by atoms with Crippen LogP contribution in [0, 0.1) is 0 Å². The van der Waals surface area contributed by atoms with E-state index in [1.165, 1.54) is 24.3 Å². The summed E-state index contributed by atoms with van der Waals surface area (Å²) in [7, 11) is 1.53. The molecule has 0 spiro atoms. The van der Waals surface area contributed by atoms with E-state index in [-0.39, 0.29) is 18.5 Å². The molecule has 0 aliphatic rings. The molecule has 2 heterocycles. The Balaban J connectivity index is 2.10. The van der Waals surface area contributed by atoms with E-state index in [0.717, 1.165) is 0 Å². The first-order chi connectivity index (χ1) is 10.5. The third kappa shape index (κ3) is 3.63. The summed E-state index contributed by atoms with van der Waals surface area (Å²) in [4.78, 5) is 38.6. The van der Waals surface area contributed by atoms with Gasteiger partial charge in [-0.05, 0) is 30.7 Å². The number of hydrogen-bond donors (Lipinski definition) is 2. The molecular formula is C15H16N2O5. The van der Waals surface area contributed by atoms with E-state index in [1.807, 2.05) is 0 Å². The lowest BCUT2D eigenvalue weighted by Gasteiger charge is -2.16. The molecule has 0 saturated heterocycles. The third-order valence-electron chi connectivity index (χ3n) is 3.16. The Morgan fingerprint density at radius 2 is 2.09 bits per heavy atom. The van der Waals surface area contributed by atoms with E-state index >= 15 is 0 Å². The first-order valence-corrected chi connectivity index (χ1v) is 6.73. The Kier molecular flexibility index (Phi) is 4.77. The molecule has 0 bridgehead atoms. The van der Waals surface area contributed by atoms with Crippen molar-refractivity contribution in [3.8, 4) is 11.5 Å². The van der Waals surface area contributed by atoms with Crippen molar-refractivity contribution in [2.24, 2.45) is 0 Å². The normalized spacial score (nSPS) is 10.4. The Morgan fingerprint density at radius 3 is 2.68 bits per heavy atom. The SMILES string of the molecule is CN(CCCC(=O)O)C(=O)c1ccc(-c2ccco2)[nH]c1=O. The fourth-order valence-electron chi connectivity index (χ4n) is 1.99. The highest BCUT2D eigenvalue weighted by Crippen LogP contribution is 2.15. The standard InChI is InChI=1S/C15H16N2O5/c1-17(8-2-5-13(18)19)15(21)10-6-7-11(16-14(10)20)12-4-3-9-22-12/h3-4,6-7,9H,2,5,8H2,1H3,(H,16,20)(H,18,19). The summed E-state index contributed by atoms with van der Waals surface area (Å²) >= 11 is 0. The van der Waals surface area contributed by atoms with Gasteiger partial charge in [0.2, 0.25) is 0 Å². The van der Waals surface area contributed by atoms with Gasteiger partial charge in [-0.15, -0.1) is 0 Å². The number of furan rings is 1. The molecule has 116 valence electrons. The zero-order valence-corrected chi connectivity index (χ0v) is 12.0. The molecule has 0 aliphatic heterocycles. The van der Waals surface area contributed by atoms with E-state index < -0.39 is 17.4 Å². The molecule has 0 aliphatic carbocycles. The summed E-state index contributed by atoms with van der Waals surface area (Å²) in [6.45, 7) is 0.268. The summed E-state index contributed by atoms with van der Waals surface area (Å²) in [6, 6.07) is 6.43. The van der Waals surface area contributed by atoms with Crippen molar-refractivity contribution in [2.45, 2.75) is 12.8 Å². The van der Waals surface area contributed by atoms with Crippen molar-refractivity contribution in [1.82, 2.24) is 9.88 Å². The maximum absolute atomic E-state index is 12.2. The van der Waals surface area contributed by atoms with Gasteiger partial charge < -0.3 is 19.4 Å². The van der Waals surface area contributed by atoms with Gasteiger partial charge in [-0.25, -0.2) is 0 Å². The topological polar surface area (TPSA) is 104 Å². The average Bonchev–Trinajstić information content (AvgIpc) is 3.00. The predicted molar refractivity (Wildman–Crippen MR) is 78.6 cm³/mol. The molecule has 1 amide bonds. The minimum absolute atomic E-state index is 0.00753. The van der Waals surface area contributed by atoms with Crippen LogP contribution in [0.1, 0.15) is 23.2 Å². The molecule has 7 nitrogen and oxygen atoms in total. The number of carbonyl (C=O) groups is 2. The number of nitrogens with one attached hydrogen (secondary N) is 1. The average molecular weight is 304 g/mol. The van der Waals surface area contributed by atoms with Crippen molar-refractivity contribution in [2.75, 3.05) is 13.6 Å². The second-order valence-corrected chi connectivity index (χ2v) is 4.82. The Hall–Kier alpha value is -2.83. The maximum Gasteiger partial charge on any atom is 0.303 e. The number of carboxylic acids is 1. The van der Waals surface area contributed by atoms with E-state index in [0.29, 0.717) is 17.9 Å². The van der Waals surface area contributed by atoms with Crippen LogP contribution in [-0.2, 0) is 4.79 Å². The van der Waals surface area contributed by atoms with E-state index in [1.54, 1.807) is 18.2 Å². The second-order valence-electron chi connectivity index (χ2n) is 4.82. The molecular weight excluding hydrogens is 288 g/mol. The summed E-state index contributed by atoms with van der Waals surface area (Å²) in [5, 5.41) is 8.58. The van der Waals surface area contributed by atoms with E-state index in [4.69, 9.17) is 9.52 Å². The molecule has 0 saturated carbocycles. The maximum atomic E-state index is 12.2. The number of aromatic nitrogens is 1. The number of aliphatic carboxylic acids is 1. The summed E-state index contributed by atoms with van der Waals surface area (Å²) in [6.07, 6.45) is 1.80. The van der Waals surface area contributed by atoms with Gasteiger partial charge >= 0.3 is 5.97 Å². The molecule has 0 aromatic carbocycles. The molecule has 0 fully saturated rings. The Labute approximate surface area is 126 Å². The van der Waals surface area contributed by atoms with Crippen LogP contribution in [0.15, 0.2) is 39.7 Å². The van der Waals surface area contributed by atoms with E-state index in [2.05, 4.69) is 4.98 Å². The summed E-state index contributed by atoms with van der Waals surface area (Å²) < 4.78 is 5.18. The third-order valence-corrected chi connectivity index (χ3v) is 3.16. The molecule has 0 unspecified atom stereocenters. The monoisotopic (exact) mass is 304 g/mol. The summed E-state index contributed by atoms with van der Waals surface area (Å²) in [5.41, 5.74) is -0.0165. The second kappa shape index (κ2) is 6.75. The fraction of sp³-hybridized carbons (Fsp3) is 0.267. The van der Waals surface area contributed by atoms with Crippen LogP contribution in [0.2, 0.25) is 0 Å². The molecule has 2 aromatic heterocycles. The molecule has 7 heteroatoms. The van der Waals surface area contributed by atoms with Gasteiger partial charge in [0.15, 0.2) is 0 Å². The lowest BCUT2D eigenvalue weighted by molar-refractivity contribution is -0.137. The van der Waals surface area contributed by atoms with Crippen LogP contribution >= 0.6 is 0 Å². The molecule has 0 radical (unpaired) electrons.